The Hall–Kier alpha value is -1.14. The van der Waals surface area contributed by atoms with Crippen LogP contribution in [-0.4, -0.2) is 37.2 Å². The summed E-state index contributed by atoms with van der Waals surface area (Å²) in [6.45, 7) is 3.19. The standard InChI is InChI=1S/C7H13N3O3/c1-7(3-9-4-7)13-2-5(11)10-6(8)12/h9H,2-4H2,1H3,(H3,8,10,11,12). The van der Waals surface area contributed by atoms with E-state index in [2.05, 4.69) is 5.32 Å². The molecule has 6 heteroatoms. The van der Waals surface area contributed by atoms with E-state index >= 15 is 0 Å². The second kappa shape index (κ2) is 3.71. The van der Waals surface area contributed by atoms with Gasteiger partial charge in [0.2, 0.25) is 0 Å². The molecule has 3 amide bonds. The number of hydrogen-bond donors (Lipinski definition) is 3. The van der Waals surface area contributed by atoms with Crippen LogP contribution in [0.2, 0.25) is 0 Å². The number of ether oxygens (including phenoxy) is 1. The first-order valence-electron chi connectivity index (χ1n) is 3.96. The molecular formula is C7H13N3O3. The molecule has 0 unspecified atom stereocenters. The van der Waals surface area contributed by atoms with Gasteiger partial charge >= 0.3 is 6.03 Å². The van der Waals surface area contributed by atoms with E-state index in [1.54, 1.807) is 0 Å². The monoisotopic (exact) mass is 187 g/mol. The van der Waals surface area contributed by atoms with Crippen molar-refractivity contribution >= 4 is 11.9 Å². The molecule has 1 heterocycles. The van der Waals surface area contributed by atoms with E-state index in [0.717, 1.165) is 13.1 Å². The third-order valence-electron chi connectivity index (χ3n) is 1.81. The van der Waals surface area contributed by atoms with Crippen LogP contribution < -0.4 is 16.4 Å². The molecule has 0 bridgehead atoms. The summed E-state index contributed by atoms with van der Waals surface area (Å²) in [5.74, 6) is -0.513. The van der Waals surface area contributed by atoms with Crippen molar-refractivity contribution in [3.05, 3.63) is 0 Å². The number of hydrogen-bond acceptors (Lipinski definition) is 4. The number of carbonyl (C=O) groups is 2. The van der Waals surface area contributed by atoms with Crippen LogP contribution in [-0.2, 0) is 9.53 Å². The molecule has 0 saturated carbocycles. The molecule has 1 rings (SSSR count). The fourth-order valence-electron chi connectivity index (χ4n) is 0.992. The molecule has 0 aliphatic carbocycles. The molecule has 0 spiro atoms. The summed E-state index contributed by atoms with van der Waals surface area (Å²) in [4.78, 5) is 21.1. The minimum atomic E-state index is -0.856. The van der Waals surface area contributed by atoms with Gasteiger partial charge in [0.25, 0.3) is 5.91 Å². The van der Waals surface area contributed by atoms with Gasteiger partial charge in [0.1, 0.15) is 6.61 Å². The molecule has 6 nitrogen and oxygen atoms in total. The average molecular weight is 187 g/mol. The third kappa shape index (κ3) is 3.00. The van der Waals surface area contributed by atoms with Crippen molar-refractivity contribution in [2.75, 3.05) is 19.7 Å². The average Bonchev–Trinajstić information content (AvgIpc) is 1.96. The van der Waals surface area contributed by atoms with E-state index in [-0.39, 0.29) is 12.2 Å². The third-order valence-corrected chi connectivity index (χ3v) is 1.81. The second-order valence-corrected chi connectivity index (χ2v) is 3.25. The topological polar surface area (TPSA) is 93.4 Å². The van der Waals surface area contributed by atoms with E-state index in [9.17, 15) is 9.59 Å². The van der Waals surface area contributed by atoms with Crippen LogP contribution in [0.4, 0.5) is 4.79 Å². The molecule has 1 saturated heterocycles. The highest BCUT2D eigenvalue weighted by Gasteiger charge is 2.33. The van der Waals surface area contributed by atoms with Crippen molar-refractivity contribution in [3.8, 4) is 0 Å². The Kier molecular flexibility index (Phi) is 2.84. The predicted molar refractivity (Wildman–Crippen MR) is 45.0 cm³/mol. The maximum absolute atomic E-state index is 10.9. The van der Waals surface area contributed by atoms with Gasteiger partial charge in [0.05, 0.1) is 5.60 Å². The molecule has 74 valence electrons. The Morgan fingerprint density at radius 1 is 1.62 bits per heavy atom. The number of nitrogens with two attached hydrogens (primary N) is 1. The summed E-state index contributed by atoms with van der Waals surface area (Å²) in [5, 5.41) is 4.94. The molecule has 0 atom stereocenters. The molecular weight excluding hydrogens is 174 g/mol. The van der Waals surface area contributed by atoms with Crippen molar-refractivity contribution in [2.45, 2.75) is 12.5 Å². The first kappa shape index (κ1) is 9.94. The lowest BCUT2D eigenvalue weighted by Crippen LogP contribution is -2.59. The fraction of sp³-hybridized carbons (Fsp3) is 0.714. The Morgan fingerprint density at radius 2 is 2.23 bits per heavy atom. The predicted octanol–water partition coefficient (Wildman–Crippen LogP) is -1.44. The van der Waals surface area contributed by atoms with Crippen LogP contribution >= 0.6 is 0 Å². The number of primary amides is 1. The SMILES string of the molecule is CC1(OCC(=O)NC(N)=O)CNC1. The van der Waals surface area contributed by atoms with Crippen LogP contribution in [0.3, 0.4) is 0 Å². The summed E-state index contributed by atoms with van der Waals surface area (Å²) in [6, 6.07) is -0.856. The minimum absolute atomic E-state index is 0.138. The Morgan fingerprint density at radius 3 is 2.62 bits per heavy atom. The normalized spacial score (nSPS) is 18.8. The van der Waals surface area contributed by atoms with E-state index in [1.807, 2.05) is 12.2 Å². The summed E-state index contributed by atoms with van der Waals surface area (Å²) in [6.07, 6.45) is 0. The molecule has 1 aliphatic rings. The second-order valence-electron chi connectivity index (χ2n) is 3.25. The molecule has 1 aliphatic heterocycles. The Labute approximate surface area is 75.8 Å². The van der Waals surface area contributed by atoms with E-state index in [1.165, 1.54) is 0 Å². The van der Waals surface area contributed by atoms with Crippen LogP contribution in [0.5, 0.6) is 0 Å². The van der Waals surface area contributed by atoms with Gasteiger partial charge < -0.3 is 15.8 Å². The number of amides is 3. The largest absolute Gasteiger partial charge is 0.363 e. The molecule has 13 heavy (non-hydrogen) atoms. The fourth-order valence-corrected chi connectivity index (χ4v) is 0.992. The summed E-state index contributed by atoms with van der Waals surface area (Å²) >= 11 is 0. The van der Waals surface area contributed by atoms with Crippen molar-refractivity contribution in [2.24, 2.45) is 5.73 Å². The van der Waals surface area contributed by atoms with Gasteiger partial charge in [-0.15, -0.1) is 0 Å². The van der Waals surface area contributed by atoms with Gasteiger partial charge in [0.15, 0.2) is 0 Å². The first-order chi connectivity index (χ1) is 6.02. The number of nitrogens with one attached hydrogen (secondary N) is 2. The van der Waals surface area contributed by atoms with Gasteiger partial charge in [-0.2, -0.15) is 0 Å². The lowest BCUT2D eigenvalue weighted by atomic mass is 10.0. The lowest BCUT2D eigenvalue weighted by molar-refractivity contribution is -0.134. The summed E-state index contributed by atoms with van der Waals surface area (Å²) in [5.41, 5.74) is 4.46. The van der Waals surface area contributed by atoms with Crippen molar-refractivity contribution in [1.82, 2.24) is 10.6 Å². The van der Waals surface area contributed by atoms with Gasteiger partial charge in [-0.25, -0.2) is 4.79 Å². The highest BCUT2D eigenvalue weighted by Crippen LogP contribution is 2.14. The van der Waals surface area contributed by atoms with Gasteiger partial charge in [-0.3, -0.25) is 10.1 Å². The van der Waals surface area contributed by atoms with Crippen LogP contribution in [0, 0.1) is 0 Å². The Balaban J connectivity index is 2.18. The number of carbonyl (C=O) groups excluding carboxylic acids is 2. The molecule has 0 radical (unpaired) electrons. The lowest BCUT2D eigenvalue weighted by Gasteiger charge is -2.38. The zero-order valence-corrected chi connectivity index (χ0v) is 7.42. The smallest absolute Gasteiger partial charge is 0.318 e. The molecule has 0 aromatic heterocycles. The van der Waals surface area contributed by atoms with E-state index in [0.29, 0.717) is 0 Å². The maximum atomic E-state index is 10.9. The highest BCUT2D eigenvalue weighted by atomic mass is 16.5. The Bertz CT molecular complexity index is 225. The van der Waals surface area contributed by atoms with Gasteiger partial charge in [0, 0.05) is 13.1 Å². The number of rotatable bonds is 3. The van der Waals surface area contributed by atoms with Crippen LogP contribution in [0.15, 0.2) is 0 Å². The molecule has 1 fully saturated rings. The zero-order valence-electron chi connectivity index (χ0n) is 7.42. The van der Waals surface area contributed by atoms with Crippen molar-refractivity contribution in [1.29, 1.82) is 0 Å². The van der Waals surface area contributed by atoms with E-state index in [4.69, 9.17) is 10.5 Å². The van der Waals surface area contributed by atoms with Gasteiger partial charge in [-0.1, -0.05) is 0 Å². The first-order valence-corrected chi connectivity index (χ1v) is 3.96. The van der Waals surface area contributed by atoms with E-state index < -0.39 is 11.9 Å². The summed E-state index contributed by atoms with van der Waals surface area (Å²) in [7, 11) is 0. The van der Waals surface area contributed by atoms with Crippen molar-refractivity contribution < 1.29 is 14.3 Å². The maximum Gasteiger partial charge on any atom is 0.318 e. The quantitative estimate of drug-likeness (QED) is 0.504. The highest BCUT2D eigenvalue weighted by molar-refractivity contribution is 5.94. The number of urea groups is 1. The minimum Gasteiger partial charge on any atom is -0.363 e. The summed E-state index contributed by atoms with van der Waals surface area (Å²) < 4.78 is 5.25. The van der Waals surface area contributed by atoms with Crippen LogP contribution in [0.1, 0.15) is 6.92 Å². The molecule has 0 aromatic carbocycles. The van der Waals surface area contributed by atoms with Gasteiger partial charge in [-0.05, 0) is 6.92 Å². The molecule has 4 N–H and O–H groups in total. The number of imide groups is 1. The van der Waals surface area contributed by atoms with Crippen molar-refractivity contribution in [3.63, 3.8) is 0 Å². The van der Waals surface area contributed by atoms with Crippen LogP contribution in [0.25, 0.3) is 0 Å². The molecule has 0 aromatic rings. The zero-order chi connectivity index (χ0) is 9.90.